The third kappa shape index (κ3) is 2.46. The first-order chi connectivity index (χ1) is 10.1. The lowest BCUT2D eigenvalue weighted by molar-refractivity contribution is 0.0936. The fraction of sp³-hybridized carbons (Fsp3) is 0.412. The Bertz CT molecular complexity index is 685. The summed E-state index contributed by atoms with van der Waals surface area (Å²) < 4.78 is 1.97. The van der Waals surface area contributed by atoms with Gasteiger partial charge in [-0.05, 0) is 51.7 Å². The molecule has 2 aromatic rings. The van der Waals surface area contributed by atoms with Crippen LogP contribution in [0.15, 0.2) is 24.3 Å². The molecular weight excluding hydrogens is 262 g/mol. The van der Waals surface area contributed by atoms with Gasteiger partial charge in [0.1, 0.15) is 0 Å². The van der Waals surface area contributed by atoms with Gasteiger partial charge in [0.25, 0.3) is 5.91 Å². The fourth-order valence-electron chi connectivity index (χ4n) is 2.95. The van der Waals surface area contributed by atoms with Crippen LogP contribution in [0.1, 0.15) is 47.6 Å². The molecule has 0 unspecified atom stereocenters. The van der Waals surface area contributed by atoms with E-state index in [0.29, 0.717) is 5.69 Å². The van der Waals surface area contributed by atoms with Crippen LogP contribution in [-0.2, 0) is 12.8 Å². The molecule has 0 spiro atoms. The Balaban J connectivity index is 2.08. The predicted octanol–water partition coefficient (Wildman–Crippen LogP) is 2.81. The maximum atomic E-state index is 12.4. The summed E-state index contributed by atoms with van der Waals surface area (Å²) in [5.41, 5.74) is 5.15. The van der Waals surface area contributed by atoms with E-state index in [2.05, 4.69) is 29.5 Å². The highest BCUT2D eigenvalue weighted by Crippen LogP contribution is 2.28. The van der Waals surface area contributed by atoms with E-state index < -0.39 is 0 Å². The Hall–Kier alpha value is -2.10. The van der Waals surface area contributed by atoms with Gasteiger partial charge in [0.15, 0.2) is 5.69 Å². The Morgan fingerprint density at radius 2 is 2.05 bits per heavy atom. The average Bonchev–Trinajstić information content (AvgIpc) is 3.00. The zero-order valence-corrected chi connectivity index (χ0v) is 12.8. The van der Waals surface area contributed by atoms with Gasteiger partial charge in [-0.3, -0.25) is 4.79 Å². The van der Waals surface area contributed by atoms with E-state index in [0.717, 1.165) is 30.5 Å². The van der Waals surface area contributed by atoms with Crippen LogP contribution >= 0.6 is 0 Å². The van der Waals surface area contributed by atoms with E-state index in [1.54, 1.807) is 0 Å². The number of hydrogen-bond donors (Lipinski definition) is 1. The van der Waals surface area contributed by atoms with Gasteiger partial charge in [0.2, 0.25) is 0 Å². The van der Waals surface area contributed by atoms with E-state index in [9.17, 15) is 4.79 Å². The Morgan fingerprint density at radius 3 is 2.76 bits per heavy atom. The van der Waals surface area contributed by atoms with E-state index in [1.165, 1.54) is 11.3 Å². The summed E-state index contributed by atoms with van der Waals surface area (Å²) in [6.45, 7) is 6.01. The first kappa shape index (κ1) is 13.9. The molecule has 0 bridgehead atoms. The number of carbonyl (C=O) groups is 1. The maximum absolute atomic E-state index is 12.4. The van der Waals surface area contributed by atoms with Crippen molar-refractivity contribution >= 4 is 5.91 Å². The SMILES string of the molecule is Cc1ccccc1-n1nc(C(=O)NC(C)C)c2c1CCC2. The molecule has 0 saturated heterocycles. The topological polar surface area (TPSA) is 46.9 Å². The summed E-state index contributed by atoms with van der Waals surface area (Å²) in [7, 11) is 0. The summed E-state index contributed by atoms with van der Waals surface area (Å²) in [6, 6.07) is 8.30. The van der Waals surface area contributed by atoms with Crippen molar-refractivity contribution in [3.63, 3.8) is 0 Å². The van der Waals surface area contributed by atoms with Crippen LogP contribution in [0.5, 0.6) is 0 Å². The number of nitrogens with one attached hydrogen (secondary N) is 1. The van der Waals surface area contributed by atoms with Crippen LogP contribution in [0.25, 0.3) is 5.69 Å². The molecule has 4 heteroatoms. The smallest absolute Gasteiger partial charge is 0.272 e. The van der Waals surface area contributed by atoms with E-state index in [-0.39, 0.29) is 11.9 Å². The normalized spacial score (nSPS) is 13.5. The van der Waals surface area contributed by atoms with Crippen molar-refractivity contribution < 1.29 is 4.79 Å². The molecule has 0 radical (unpaired) electrons. The number of aryl methyl sites for hydroxylation is 1. The minimum atomic E-state index is -0.0597. The first-order valence-corrected chi connectivity index (χ1v) is 7.55. The first-order valence-electron chi connectivity index (χ1n) is 7.55. The molecule has 1 N–H and O–H groups in total. The van der Waals surface area contributed by atoms with Gasteiger partial charge in [-0.1, -0.05) is 18.2 Å². The van der Waals surface area contributed by atoms with Crippen molar-refractivity contribution in [1.82, 2.24) is 15.1 Å². The number of carbonyl (C=O) groups excluding carboxylic acids is 1. The largest absolute Gasteiger partial charge is 0.348 e. The molecule has 1 heterocycles. The molecule has 0 aliphatic heterocycles. The summed E-state index contributed by atoms with van der Waals surface area (Å²) >= 11 is 0. The minimum Gasteiger partial charge on any atom is -0.348 e. The van der Waals surface area contributed by atoms with Crippen molar-refractivity contribution in [2.24, 2.45) is 0 Å². The fourth-order valence-corrected chi connectivity index (χ4v) is 2.95. The predicted molar refractivity (Wildman–Crippen MR) is 82.9 cm³/mol. The molecule has 1 aliphatic rings. The number of fused-ring (bicyclic) bond motifs is 1. The summed E-state index contributed by atoms with van der Waals surface area (Å²) in [5, 5.41) is 7.57. The molecule has 1 aromatic carbocycles. The lowest BCUT2D eigenvalue weighted by Crippen LogP contribution is -2.31. The molecule has 4 nitrogen and oxygen atoms in total. The molecule has 0 atom stereocenters. The minimum absolute atomic E-state index is 0.0597. The van der Waals surface area contributed by atoms with Crippen LogP contribution in [0.4, 0.5) is 0 Å². The molecular formula is C17H21N3O. The maximum Gasteiger partial charge on any atom is 0.272 e. The van der Waals surface area contributed by atoms with Gasteiger partial charge in [0.05, 0.1) is 5.69 Å². The van der Waals surface area contributed by atoms with Gasteiger partial charge >= 0.3 is 0 Å². The number of benzene rings is 1. The Morgan fingerprint density at radius 1 is 1.29 bits per heavy atom. The lowest BCUT2D eigenvalue weighted by Gasteiger charge is -2.09. The van der Waals surface area contributed by atoms with Crippen molar-refractivity contribution in [1.29, 1.82) is 0 Å². The number of rotatable bonds is 3. The van der Waals surface area contributed by atoms with Gasteiger partial charge in [-0.15, -0.1) is 0 Å². The van der Waals surface area contributed by atoms with Crippen LogP contribution in [-0.4, -0.2) is 21.7 Å². The second-order valence-corrected chi connectivity index (χ2v) is 5.95. The molecule has 1 amide bonds. The number of hydrogen-bond acceptors (Lipinski definition) is 2. The summed E-state index contributed by atoms with van der Waals surface area (Å²) in [5.74, 6) is -0.0597. The van der Waals surface area contributed by atoms with Crippen LogP contribution in [0.2, 0.25) is 0 Å². The Labute approximate surface area is 125 Å². The van der Waals surface area contributed by atoms with Crippen LogP contribution in [0, 0.1) is 6.92 Å². The summed E-state index contributed by atoms with van der Waals surface area (Å²) in [4.78, 5) is 12.4. The number of para-hydroxylation sites is 1. The molecule has 1 aliphatic carbocycles. The number of aromatic nitrogens is 2. The molecule has 110 valence electrons. The lowest BCUT2D eigenvalue weighted by atomic mass is 10.1. The highest BCUT2D eigenvalue weighted by atomic mass is 16.2. The monoisotopic (exact) mass is 283 g/mol. The zero-order valence-electron chi connectivity index (χ0n) is 12.8. The third-order valence-corrected chi connectivity index (χ3v) is 3.91. The second kappa shape index (κ2) is 5.35. The highest BCUT2D eigenvalue weighted by Gasteiger charge is 2.27. The van der Waals surface area contributed by atoms with Gasteiger partial charge in [0, 0.05) is 17.3 Å². The van der Waals surface area contributed by atoms with Crippen LogP contribution in [0.3, 0.4) is 0 Å². The third-order valence-electron chi connectivity index (χ3n) is 3.91. The number of nitrogens with zero attached hydrogens (tertiary/aromatic N) is 2. The molecule has 0 fully saturated rings. The molecule has 1 aromatic heterocycles. The standard InChI is InChI=1S/C17H21N3O/c1-11(2)18-17(21)16-13-8-6-10-15(13)20(19-16)14-9-5-4-7-12(14)3/h4-5,7,9,11H,6,8,10H2,1-3H3,(H,18,21). The molecule has 21 heavy (non-hydrogen) atoms. The van der Waals surface area contributed by atoms with Crippen LogP contribution < -0.4 is 5.32 Å². The second-order valence-electron chi connectivity index (χ2n) is 5.95. The summed E-state index contributed by atoms with van der Waals surface area (Å²) in [6.07, 6.45) is 3.04. The van der Waals surface area contributed by atoms with Gasteiger partial charge < -0.3 is 5.32 Å². The zero-order chi connectivity index (χ0) is 15.0. The molecule has 0 saturated carbocycles. The van der Waals surface area contributed by atoms with Crippen molar-refractivity contribution in [3.05, 3.63) is 46.8 Å². The van der Waals surface area contributed by atoms with Crippen molar-refractivity contribution in [3.8, 4) is 5.69 Å². The Kier molecular flexibility index (Phi) is 3.53. The van der Waals surface area contributed by atoms with E-state index in [4.69, 9.17) is 0 Å². The van der Waals surface area contributed by atoms with E-state index in [1.807, 2.05) is 30.7 Å². The van der Waals surface area contributed by atoms with Gasteiger partial charge in [-0.25, -0.2) is 4.68 Å². The van der Waals surface area contributed by atoms with Crippen molar-refractivity contribution in [2.45, 2.75) is 46.1 Å². The van der Waals surface area contributed by atoms with Crippen molar-refractivity contribution in [2.75, 3.05) is 0 Å². The highest BCUT2D eigenvalue weighted by molar-refractivity contribution is 5.94. The average molecular weight is 283 g/mol. The number of amides is 1. The molecule has 3 rings (SSSR count). The quantitative estimate of drug-likeness (QED) is 0.941. The van der Waals surface area contributed by atoms with Gasteiger partial charge in [-0.2, -0.15) is 5.10 Å². The van der Waals surface area contributed by atoms with E-state index >= 15 is 0 Å².